The van der Waals surface area contributed by atoms with Gasteiger partial charge in [-0.2, -0.15) is 5.10 Å². The van der Waals surface area contributed by atoms with Crippen molar-refractivity contribution in [3.63, 3.8) is 0 Å². The van der Waals surface area contributed by atoms with Crippen molar-refractivity contribution in [2.45, 2.75) is 19.3 Å². The zero-order valence-corrected chi connectivity index (χ0v) is 17.2. The number of nitro benzene ring substituents is 1. The van der Waals surface area contributed by atoms with Gasteiger partial charge in [0.1, 0.15) is 5.69 Å². The van der Waals surface area contributed by atoms with Crippen LogP contribution in [0, 0.1) is 10.1 Å². The van der Waals surface area contributed by atoms with Crippen molar-refractivity contribution >= 4 is 11.6 Å². The molecule has 2 heterocycles. The molecule has 1 fully saturated rings. The molecule has 160 valence electrons. The van der Waals surface area contributed by atoms with E-state index in [1.165, 1.54) is 31.4 Å². The van der Waals surface area contributed by atoms with Gasteiger partial charge in [-0.05, 0) is 44.1 Å². The molecule has 0 spiro atoms. The molecule has 31 heavy (non-hydrogen) atoms. The summed E-state index contributed by atoms with van der Waals surface area (Å²) in [5, 5.41) is 18.6. The summed E-state index contributed by atoms with van der Waals surface area (Å²) in [6, 6.07) is 17.4. The Morgan fingerprint density at radius 3 is 2.42 bits per heavy atom. The molecule has 0 unspecified atom stereocenters. The van der Waals surface area contributed by atoms with Gasteiger partial charge in [0.2, 0.25) is 0 Å². The number of amides is 1. The Labute approximate surface area is 180 Å². The van der Waals surface area contributed by atoms with E-state index in [0.29, 0.717) is 23.6 Å². The van der Waals surface area contributed by atoms with Gasteiger partial charge in [-0.3, -0.25) is 14.9 Å². The van der Waals surface area contributed by atoms with Crippen molar-refractivity contribution in [2.75, 3.05) is 26.2 Å². The van der Waals surface area contributed by atoms with Gasteiger partial charge in [0.25, 0.3) is 11.6 Å². The van der Waals surface area contributed by atoms with Crippen molar-refractivity contribution in [3.05, 3.63) is 76.5 Å². The second-order valence-corrected chi connectivity index (χ2v) is 7.62. The van der Waals surface area contributed by atoms with Crippen LogP contribution in [0.4, 0.5) is 5.69 Å². The quantitative estimate of drug-likeness (QED) is 0.466. The average Bonchev–Trinajstić information content (AvgIpc) is 3.26. The lowest BCUT2D eigenvalue weighted by molar-refractivity contribution is -0.384. The highest BCUT2D eigenvalue weighted by atomic mass is 16.6. The number of non-ortho nitro benzene ring substituents is 1. The fourth-order valence-electron chi connectivity index (χ4n) is 3.81. The second kappa shape index (κ2) is 9.53. The summed E-state index contributed by atoms with van der Waals surface area (Å²) in [5.41, 5.74) is 2.54. The monoisotopic (exact) mass is 419 g/mol. The minimum Gasteiger partial charge on any atom is -0.349 e. The summed E-state index contributed by atoms with van der Waals surface area (Å²) in [7, 11) is 0. The first-order chi connectivity index (χ1) is 15.1. The summed E-state index contributed by atoms with van der Waals surface area (Å²) >= 11 is 0. The molecule has 8 nitrogen and oxygen atoms in total. The number of hydrogen-bond donors (Lipinski definition) is 1. The zero-order chi connectivity index (χ0) is 21.6. The molecule has 0 atom stereocenters. The minimum atomic E-state index is -0.448. The SMILES string of the molecule is O=C(NCCN1CCCCC1)c1cc(-c2ccccc2)nn1-c1ccc([N+](=O)[O-])cc1. The molecule has 0 bridgehead atoms. The summed E-state index contributed by atoms with van der Waals surface area (Å²) < 4.78 is 1.54. The molecule has 1 aromatic heterocycles. The number of piperidine rings is 1. The number of likely N-dealkylation sites (tertiary alicyclic amines) is 1. The Morgan fingerprint density at radius 2 is 1.74 bits per heavy atom. The second-order valence-electron chi connectivity index (χ2n) is 7.62. The topological polar surface area (TPSA) is 93.3 Å². The predicted molar refractivity (Wildman–Crippen MR) is 118 cm³/mol. The van der Waals surface area contributed by atoms with E-state index in [0.717, 1.165) is 25.2 Å². The molecule has 0 saturated carbocycles. The maximum Gasteiger partial charge on any atom is 0.270 e. The first-order valence-corrected chi connectivity index (χ1v) is 10.5. The molecule has 0 aliphatic carbocycles. The van der Waals surface area contributed by atoms with Crippen molar-refractivity contribution in [3.8, 4) is 16.9 Å². The third kappa shape index (κ3) is 4.97. The Kier molecular flexibility index (Phi) is 6.37. The number of carbonyl (C=O) groups excluding carboxylic acids is 1. The first kappa shape index (κ1) is 20.7. The van der Waals surface area contributed by atoms with Crippen LogP contribution in [0.2, 0.25) is 0 Å². The Hall–Kier alpha value is -3.52. The highest BCUT2D eigenvalue weighted by molar-refractivity contribution is 5.94. The minimum absolute atomic E-state index is 0.00766. The van der Waals surface area contributed by atoms with Gasteiger partial charge >= 0.3 is 0 Å². The number of nitro groups is 1. The van der Waals surface area contributed by atoms with E-state index in [2.05, 4.69) is 15.3 Å². The number of nitrogens with zero attached hydrogens (tertiary/aromatic N) is 4. The van der Waals surface area contributed by atoms with Crippen LogP contribution < -0.4 is 5.32 Å². The molecular weight excluding hydrogens is 394 g/mol. The smallest absolute Gasteiger partial charge is 0.270 e. The lowest BCUT2D eigenvalue weighted by Gasteiger charge is -2.26. The van der Waals surface area contributed by atoms with Crippen LogP contribution >= 0.6 is 0 Å². The number of rotatable bonds is 7. The van der Waals surface area contributed by atoms with Crippen LogP contribution in [-0.2, 0) is 0 Å². The van der Waals surface area contributed by atoms with E-state index < -0.39 is 4.92 Å². The largest absolute Gasteiger partial charge is 0.349 e. The standard InChI is InChI=1S/C23H25N5O3/c29-23(24-13-16-26-14-5-2-6-15-26)22-17-21(18-7-3-1-4-8-18)25-27(22)19-9-11-20(12-10-19)28(30)31/h1,3-4,7-12,17H,2,5-6,13-16H2,(H,24,29). The molecule has 3 aromatic rings. The van der Waals surface area contributed by atoms with Gasteiger partial charge < -0.3 is 10.2 Å². The van der Waals surface area contributed by atoms with Gasteiger partial charge in [-0.25, -0.2) is 4.68 Å². The van der Waals surface area contributed by atoms with Crippen molar-refractivity contribution < 1.29 is 9.72 Å². The lowest BCUT2D eigenvalue weighted by Crippen LogP contribution is -2.38. The molecule has 1 aliphatic rings. The fourth-order valence-corrected chi connectivity index (χ4v) is 3.81. The van der Waals surface area contributed by atoms with E-state index in [-0.39, 0.29) is 11.6 Å². The van der Waals surface area contributed by atoms with E-state index in [4.69, 9.17) is 0 Å². The van der Waals surface area contributed by atoms with Crippen LogP contribution in [0.25, 0.3) is 16.9 Å². The number of hydrogen-bond acceptors (Lipinski definition) is 5. The molecule has 1 saturated heterocycles. The lowest BCUT2D eigenvalue weighted by atomic mass is 10.1. The van der Waals surface area contributed by atoms with Crippen molar-refractivity contribution in [2.24, 2.45) is 0 Å². The van der Waals surface area contributed by atoms with Gasteiger partial charge in [-0.15, -0.1) is 0 Å². The number of benzene rings is 2. The van der Waals surface area contributed by atoms with Gasteiger partial charge in [0, 0.05) is 30.8 Å². The van der Waals surface area contributed by atoms with Gasteiger partial charge in [-0.1, -0.05) is 36.8 Å². The highest BCUT2D eigenvalue weighted by Crippen LogP contribution is 2.23. The molecule has 2 aromatic carbocycles. The Bertz CT molecular complexity index is 1040. The predicted octanol–water partition coefficient (Wildman–Crippen LogP) is 3.66. The van der Waals surface area contributed by atoms with Crippen molar-refractivity contribution in [1.29, 1.82) is 0 Å². The number of aromatic nitrogens is 2. The maximum absolute atomic E-state index is 13.0. The van der Waals surface area contributed by atoms with E-state index >= 15 is 0 Å². The number of carbonyl (C=O) groups is 1. The Morgan fingerprint density at radius 1 is 1.03 bits per heavy atom. The molecule has 0 radical (unpaired) electrons. The van der Waals surface area contributed by atoms with E-state index in [9.17, 15) is 14.9 Å². The van der Waals surface area contributed by atoms with E-state index in [1.54, 1.807) is 22.9 Å². The maximum atomic E-state index is 13.0. The van der Waals surface area contributed by atoms with Gasteiger partial charge in [0.15, 0.2) is 0 Å². The average molecular weight is 419 g/mol. The van der Waals surface area contributed by atoms with Gasteiger partial charge in [0.05, 0.1) is 16.3 Å². The van der Waals surface area contributed by atoms with Crippen LogP contribution in [0.3, 0.4) is 0 Å². The summed E-state index contributed by atoms with van der Waals surface area (Å²) in [6.45, 7) is 3.54. The first-order valence-electron chi connectivity index (χ1n) is 10.5. The highest BCUT2D eigenvalue weighted by Gasteiger charge is 2.19. The number of nitrogens with one attached hydrogen (secondary N) is 1. The van der Waals surface area contributed by atoms with Crippen LogP contribution in [0.5, 0.6) is 0 Å². The molecule has 1 aliphatic heterocycles. The summed E-state index contributed by atoms with van der Waals surface area (Å²) in [6.07, 6.45) is 3.70. The summed E-state index contributed by atoms with van der Waals surface area (Å²) in [5.74, 6) is -0.218. The van der Waals surface area contributed by atoms with Crippen LogP contribution in [0.15, 0.2) is 60.7 Å². The third-order valence-corrected chi connectivity index (χ3v) is 5.48. The molecule has 8 heteroatoms. The van der Waals surface area contributed by atoms with Crippen LogP contribution in [-0.4, -0.2) is 51.7 Å². The van der Waals surface area contributed by atoms with Crippen LogP contribution in [0.1, 0.15) is 29.8 Å². The molecular formula is C23H25N5O3. The fraction of sp³-hybridized carbons (Fsp3) is 0.304. The molecule has 1 N–H and O–H groups in total. The summed E-state index contributed by atoms with van der Waals surface area (Å²) in [4.78, 5) is 25.9. The van der Waals surface area contributed by atoms with E-state index in [1.807, 2.05) is 30.3 Å². The van der Waals surface area contributed by atoms with Crippen molar-refractivity contribution in [1.82, 2.24) is 20.0 Å². The normalized spacial score (nSPS) is 14.3. The third-order valence-electron chi connectivity index (χ3n) is 5.48. The Balaban J connectivity index is 1.57. The molecule has 4 rings (SSSR count). The zero-order valence-electron chi connectivity index (χ0n) is 17.2. The molecule has 1 amide bonds.